The summed E-state index contributed by atoms with van der Waals surface area (Å²) >= 11 is 3.41. The van der Waals surface area contributed by atoms with Gasteiger partial charge in [-0.3, -0.25) is 9.69 Å². The molecular formula is C13H20BrN3O. The van der Waals surface area contributed by atoms with Gasteiger partial charge in [0, 0.05) is 37.1 Å². The first kappa shape index (κ1) is 15.1. The van der Waals surface area contributed by atoms with Gasteiger partial charge in [-0.2, -0.15) is 0 Å². The van der Waals surface area contributed by atoms with Crippen LogP contribution in [0, 0.1) is 0 Å². The molecule has 0 heterocycles. The van der Waals surface area contributed by atoms with E-state index in [1.807, 2.05) is 19.2 Å². The summed E-state index contributed by atoms with van der Waals surface area (Å²) in [6.07, 6.45) is 0.431. The Balaban J connectivity index is 2.58. The summed E-state index contributed by atoms with van der Waals surface area (Å²) in [4.78, 5) is 13.5. The number of hydrogen-bond donors (Lipinski definition) is 2. The van der Waals surface area contributed by atoms with Gasteiger partial charge in [0.05, 0.1) is 0 Å². The van der Waals surface area contributed by atoms with E-state index >= 15 is 0 Å². The highest BCUT2D eigenvalue weighted by molar-refractivity contribution is 9.10. The van der Waals surface area contributed by atoms with Crippen LogP contribution in [-0.2, 0) is 11.3 Å². The molecule has 0 aliphatic carbocycles. The number of likely N-dealkylation sites (N-methyl/N-ethyl adjacent to an activating group) is 1. The lowest BCUT2D eigenvalue weighted by Gasteiger charge is -2.26. The first-order chi connectivity index (χ1) is 8.56. The van der Waals surface area contributed by atoms with Gasteiger partial charge in [-0.15, -0.1) is 0 Å². The lowest BCUT2D eigenvalue weighted by atomic mass is 10.1. The molecule has 1 aromatic rings. The van der Waals surface area contributed by atoms with E-state index in [4.69, 9.17) is 5.73 Å². The molecular weight excluding hydrogens is 294 g/mol. The Bertz CT molecular complexity index is 380. The molecule has 0 saturated carbocycles. The fraction of sp³-hybridized carbons (Fsp3) is 0.462. The minimum absolute atomic E-state index is 0.0214. The topological polar surface area (TPSA) is 58.4 Å². The summed E-state index contributed by atoms with van der Waals surface area (Å²) in [6, 6.07) is 8.22. The van der Waals surface area contributed by atoms with Gasteiger partial charge in [0.25, 0.3) is 0 Å². The molecule has 1 rings (SSSR count). The summed E-state index contributed by atoms with van der Waals surface area (Å²) < 4.78 is 1.06. The zero-order valence-electron chi connectivity index (χ0n) is 10.8. The lowest BCUT2D eigenvalue weighted by Crippen LogP contribution is -2.41. The molecule has 18 heavy (non-hydrogen) atoms. The number of carbonyl (C=O) groups is 1. The van der Waals surface area contributed by atoms with Crippen LogP contribution in [0.5, 0.6) is 0 Å². The molecule has 0 aliphatic rings. The van der Waals surface area contributed by atoms with E-state index in [-0.39, 0.29) is 11.9 Å². The third-order valence-electron chi connectivity index (χ3n) is 2.94. The maximum atomic E-state index is 11.4. The third kappa shape index (κ3) is 4.76. The van der Waals surface area contributed by atoms with Crippen LogP contribution < -0.4 is 11.1 Å². The van der Waals surface area contributed by atoms with Crippen molar-refractivity contribution in [3.8, 4) is 0 Å². The molecule has 0 radical (unpaired) electrons. The summed E-state index contributed by atoms with van der Waals surface area (Å²) in [7, 11) is 3.63. The van der Waals surface area contributed by atoms with Crippen LogP contribution >= 0.6 is 15.9 Å². The number of nitrogens with two attached hydrogens (primary N) is 1. The number of amides is 1. The van der Waals surface area contributed by atoms with Crippen molar-refractivity contribution >= 4 is 21.8 Å². The number of benzene rings is 1. The molecule has 1 amide bonds. The van der Waals surface area contributed by atoms with Crippen molar-refractivity contribution in [2.75, 3.05) is 20.6 Å². The number of hydrogen-bond acceptors (Lipinski definition) is 3. The van der Waals surface area contributed by atoms with Crippen molar-refractivity contribution in [3.63, 3.8) is 0 Å². The van der Waals surface area contributed by atoms with Gasteiger partial charge >= 0.3 is 0 Å². The average Bonchev–Trinajstić information content (AvgIpc) is 2.38. The van der Waals surface area contributed by atoms with Crippen molar-refractivity contribution in [1.29, 1.82) is 0 Å². The molecule has 5 heteroatoms. The van der Waals surface area contributed by atoms with Crippen LogP contribution in [0.25, 0.3) is 0 Å². The number of halogens is 1. The van der Waals surface area contributed by atoms with Crippen LogP contribution in [0.4, 0.5) is 0 Å². The highest BCUT2D eigenvalue weighted by atomic mass is 79.9. The van der Waals surface area contributed by atoms with Gasteiger partial charge in [-0.1, -0.05) is 28.1 Å². The normalized spacial score (nSPS) is 12.5. The Labute approximate surface area is 117 Å². The molecule has 3 N–H and O–H groups in total. The second kappa shape index (κ2) is 7.51. The molecule has 0 spiro atoms. The van der Waals surface area contributed by atoms with Gasteiger partial charge in [-0.05, 0) is 24.7 Å². The van der Waals surface area contributed by atoms with Gasteiger partial charge in [-0.25, -0.2) is 0 Å². The Morgan fingerprint density at radius 1 is 1.44 bits per heavy atom. The molecule has 4 nitrogen and oxygen atoms in total. The molecule has 0 aliphatic heterocycles. The third-order valence-corrected chi connectivity index (χ3v) is 3.47. The molecule has 1 unspecified atom stereocenters. The SMILES string of the molecule is CNC(=O)CC(CN)N(C)Cc1ccc(Br)cc1. The Morgan fingerprint density at radius 3 is 2.56 bits per heavy atom. The fourth-order valence-electron chi connectivity index (χ4n) is 1.74. The summed E-state index contributed by atoms with van der Waals surface area (Å²) in [5, 5.41) is 2.63. The van der Waals surface area contributed by atoms with Gasteiger partial charge in [0.15, 0.2) is 0 Å². The Morgan fingerprint density at radius 2 is 2.06 bits per heavy atom. The number of carbonyl (C=O) groups excluding carboxylic acids is 1. The minimum atomic E-state index is 0.0214. The van der Waals surface area contributed by atoms with E-state index in [2.05, 4.69) is 38.3 Å². The highest BCUT2D eigenvalue weighted by Crippen LogP contribution is 2.13. The predicted octanol–water partition coefficient (Wildman–Crippen LogP) is 1.34. The van der Waals surface area contributed by atoms with Crippen molar-refractivity contribution in [2.45, 2.75) is 19.0 Å². The molecule has 0 bridgehead atoms. The largest absolute Gasteiger partial charge is 0.359 e. The predicted molar refractivity (Wildman–Crippen MR) is 77.1 cm³/mol. The van der Waals surface area contributed by atoms with E-state index < -0.39 is 0 Å². The maximum absolute atomic E-state index is 11.4. The highest BCUT2D eigenvalue weighted by Gasteiger charge is 2.16. The van der Waals surface area contributed by atoms with Crippen molar-refractivity contribution < 1.29 is 4.79 Å². The Kier molecular flexibility index (Phi) is 6.32. The summed E-state index contributed by atoms with van der Waals surface area (Å²) in [5.41, 5.74) is 6.93. The van der Waals surface area contributed by atoms with E-state index in [1.165, 1.54) is 5.56 Å². The number of nitrogens with one attached hydrogen (secondary N) is 1. The molecule has 1 aromatic carbocycles. The van der Waals surface area contributed by atoms with Crippen LogP contribution in [0.1, 0.15) is 12.0 Å². The van der Waals surface area contributed by atoms with Crippen LogP contribution in [0.2, 0.25) is 0 Å². The fourth-order valence-corrected chi connectivity index (χ4v) is 2.01. The standard InChI is InChI=1S/C13H20BrN3O/c1-16-13(18)7-12(8-15)17(2)9-10-3-5-11(14)6-4-10/h3-6,12H,7-9,15H2,1-2H3,(H,16,18). The quantitative estimate of drug-likeness (QED) is 0.833. The Hall–Kier alpha value is -0.910. The maximum Gasteiger partial charge on any atom is 0.221 e. The van der Waals surface area contributed by atoms with Crippen LogP contribution in [0.3, 0.4) is 0 Å². The summed E-state index contributed by atoms with van der Waals surface area (Å²) in [6.45, 7) is 1.26. The average molecular weight is 314 g/mol. The molecule has 0 fully saturated rings. The molecule has 0 aromatic heterocycles. The lowest BCUT2D eigenvalue weighted by molar-refractivity contribution is -0.121. The van der Waals surface area contributed by atoms with Crippen molar-refractivity contribution in [2.24, 2.45) is 5.73 Å². The van der Waals surface area contributed by atoms with Crippen LogP contribution in [-0.4, -0.2) is 37.5 Å². The second-order valence-corrected chi connectivity index (χ2v) is 5.22. The van der Waals surface area contributed by atoms with Gasteiger partial charge in [0.2, 0.25) is 5.91 Å². The van der Waals surface area contributed by atoms with Gasteiger partial charge in [0.1, 0.15) is 0 Å². The smallest absolute Gasteiger partial charge is 0.221 e. The van der Waals surface area contributed by atoms with E-state index in [9.17, 15) is 4.79 Å². The summed E-state index contributed by atoms with van der Waals surface area (Å²) in [5.74, 6) is 0.0214. The van der Waals surface area contributed by atoms with Gasteiger partial charge < -0.3 is 11.1 Å². The molecule has 1 atom stereocenters. The first-order valence-electron chi connectivity index (χ1n) is 5.92. The second-order valence-electron chi connectivity index (χ2n) is 4.31. The van der Waals surface area contributed by atoms with E-state index in [1.54, 1.807) is 7.05 Å². The minimum Gasteiger partial charge on any atom is -0.359 e. The van der Waals surface area contributed by atoms with Crippen LogP contribution in [0.15, 0.2) is 28.7 Å². The van der Waals surface area contributed by atoms with E-state index in [0.29, 0.717) is 13.0 Å². The zero-order valence-corrected chi connectivity index (χ0v) is 12.4. The van der Waals surface area contributed by atoms with Crippen molar-refractivity contribution in [3.05, 3.63) is 34.3 Å². The number of nitrogens with zero attached hydrogens (tertiary/aromatic N) is 1. The van der Waals surface area contributed by atoms with E-state index in [0.717, 1.165) is 11.0 Å². The zero-order chi connectivity index (χ0) is 13.5. The number of rotatable bonds is 6. The molecule has 0 saturated heterocycles. The monoisotopic (exact) mass is 313 g/mol. The molecule has 100 valence electrons. The van der Waals surface area contributed by atoms with Crippen molar-refractivity contribution in [1.82, 2.24) is 10.2 Å². The first-order valence-corrected chi connectivity index (χ1v) is 6.71.